The van der Waals surface area contributed by atoms with E-state index in [0.29, 0.717) is 23.8 Å². The molecule has 1 aromatic carbocycles. The van der Waals surface area contributed by atoms with Crippen molar-refractivity contribution in [2.45, 2.75) is 63.6 Å². The number of ether oxygens (including phenoxy) is 1. The molecule has 3 atom stereocenters. The Labute approximate surface area is 173 Å². The van der Waals surface area contributed by atoms with Gasteiger partial charge in [0.25, 0.3) is 0 Å². The Balaban J connectivity index is 1.58. The summed E-state index contributed by atoms with van der Waals surface area (Å²) >= 11 is 0. The maximum Gasteiger partial charge on any atom is 0.410 e. The maximum atomic E-state index is 13.5. The molecule has 2 N–H and O–H groups in total. The molecule has 2 aromatic rings. The number of anilines is 1. The second-order valence-electron chi connectivity index (χ2n) is 8.17. The number of likely N-dealkylation sites (tertiary alicyclic amines) is 1. The molecule has 0 radical (unpaired) electrons. The van der Waals surface area contributed by atoms with Crippen LogP contribution in [0.3, 0.4) is 0 Å². The standard InChI is InChI=1S/C21H27F3N4O2/c1-13-8-19(21(22,23)24)28-20(25-13)10-16(26-28)17-4-3-7-27(17)11-14-5-6-18(30-2)15(9-14)12-29/h5-6,9-10,13,17,19,25,29H,3-4,7-8,11-12H2,1-2H3/t13-,17-,19-/m1/s1. The third kappa shape index (κ3) is 4.00. The minimum Gasteiger partial charge on any atom is -0.496 e. The predicted octanol–water partition coefficient (Wildman–Crippen LogP) is 4.03. The van der Waals surface area contributed by atoms with Crippen molar-refractivity contribution in [2.75, 3.05) is 19.0 Å². The third-order valence-corrected chi connectivity index (χ3v) is 6.00. The van der Waals surface area contributed by atoms with E-state index >= 15 is 0 Å². The van der Waals surface area contributed by atoms with Gasteiger partial charge >= 0.3 is 6.18 Å². The normalized spacial score (nSPS) is 24.5. The first-order chi connectivity index (χ1) is 14.3. The summed E-state index contributed by atoms with van der Waals surface area (Å²) in [5, 5.41) is 17.1. The van der Waals surface area contributed by atoms with Gasteiger partial charge in [0, 0.05) is 24.2 Å². The molecule has 0 spiro atoms. The van der Waals surface area contributed by atoms with E-state index in [-0.39, 0.29) is 25.1 Å². The molecule has 1 aromatic heterocycles. The Kier molecular flexibility index (Phi) is 5.67. The van der Waals surface area contributed by atoms with Crippen molar-refractivity contribution in [3.63, 3.8) is 0 Å². The molecule has 0 aliphatic carbocycles. The highest BCUT2D eigenvalue weighted by molar-refractivity contribution is 5.42. The van der Waals surface area contributed by atoms with Crippen LogP contribution in [0.15, 0.2) is 24.3 Å². The van der Waals surface area contributed by atoms with Crippen LogP contribution in [-0.4, -0.2) is 45.7 Å². The average molecular weight is 424 g/mol. The van der Waals surface area contributed by atoms with Crippen molar-refractivity contribution in [1.29, 1.82) is 0 Å². The van der Waals surface area contributed by atoms with Crippen molar-refractivity contribution in [2.24, 2.45) is 0 Å². The Morgan fingerprint density at radius 3 is 2.80 bits per heavy atom. The monoisotopic (exact) mass is 424 g/mol. The molecule has 30 heavy (non-hydrogen) atoms. The molecule has 6 nitrogen and oxygen atoms in total. The Morgan fingerprint density at radius 2 is 2.10 bits per heavy atom. The summed E-state index contributed by atoms with van der Waals surface area (Å²) in [5.41, 5.74) is 2.42. The van der Waals surface area contributed by atoms with Crippen molar-refractivity contribution >= 4 is 5.82 Å². The predicted molar refractivity (Wildman–Crippen MR) is 106 cm³/mol. The molecule has 2 aliphatic rings. The molecule has 0 amide bonds. The highest BCUT2D eigenvalue weighted by atomic mass is 19.4. The van der Waals surface area contributed by atoms with Crippen LogP contribution >= 0.6 is 0 Å². The van der Waals surface area contributed by atoms with Crippen molar-refractivity contribution in [3.8, 4) is 5.75 Å². The Bertz CT molecular complexity index is 899. The topological polar surface area (TPSA) is 62.5 Å². The van der Waals surface area contributed by atoms with Crippen LogP contribution in [0.25, 0.3) is 0 Å². The molecule has 164 valence electrons. The van der Waals surface area contributed by atoms with E-state index < -0.39 is 12.2 Å². The quantitative estimate of drug-likeness (QED) is 0.759. The van der Waals surface area contributed by atoms with Crippen LogP contribution in [0.1, 0.15) is 55.1 Å². The van der Waals surface area contributed by atoms with Gasteiger partial charge in [0.05, 0.1) is 25.5 Å². The number of fused-ring (bicyclic) bond motifs is 1. The minimum absolute atomic E-state index is 0.0260. The van der Waals surface area contributed by atoms with Gasteiger partial charge in [-0.1, -0.05) is 6.07 Å². The van der Waals surface area contributed by atoms with E-state index in [1.807, 2.05) is 18.2 Å². The zero-order chi connectivity index (χ0) is 21.5. The number of aromatic nitrogens is 2. The second kappa shape index (κ2) is 8.11. The molecule has 4 rings (SSSR count). The number of aliphatic hydroxyl groups is 1. The van der Waals surface area contributed by atoms with Crippen molar-refractivity contribution in [1.82, 2.24) is 14.7 Å². The number of methoxy groups -OCH3 is 1. The van der Waals surface area contributed by atoms with Gasteiger partial charge in [-0.15, -0.1) is 0 Å². The number of halogens is 3. The number of hydrogen-bond acceptors (Lipinski definition) is 5. The Hall–Kier alpha value is -2.26. The van der Waals surface area contributed by atoms with Gasteiger partial charge in [-0.25, -0.2) is 4.68 Å². The lowest BCUT2D eigenvalue weighted by atomic mass is 10.1. The summed E-state index contributed by atoms with van der Waals surface area (Å²) in [6, 6.07) is 5.58. The van der Waals surface area contributed by atoms with Gasteiger partial charge in [-0.3, -0.25) is 4.90 Å². The molecule has 3 heterocycles. The zero-order valence-corrected chi connectivity index (χ0v) is 17.1. The lowest BCUT2D eigenvalue weighted by molar-refractivity contribution is -0.173. The number of alkyl halides is 3. The van der Waals surface area contributed by atoms with Crippen molar-refractivity contribution in [3.05, 3.63) is 41.1 Å². The fraction of sp³-hybridized carbons (Fsp3) is 0.571. The van der Waals surface area contributed by atoms with E-state index in [0.717, 1.165) is 35.2 Å². The first-order valence-corrected chi connectivity index (χ1v) is 10.2. The smallest absolute Gasteiger partial charge is 0.410 e. The lowest BCUT2D eigenvalue weighted by Crippen LogP contribution is -2.37. The highest BCUT2D eigenvalue weighted by Crippen LogP contribution is 2.41. The Morgan fingerprint density at radius 1 is 1.30 bits per heavy atom. The fourth-order valence-corrected chi connectivity index (χ4v) is 4.58. The summed E-state index contributed by atoms with van der Waals surface area (Å²) in [7, 11) is 1.56. The van der Waals surface area contributed by atoms with Gasteiger partial charge in [0.2, 0.25) is 0 Å². The lowest BCUT2D eigenvalue weighted by Gasteiger charge is -2.31. The molecule has 2 aliphatic heterocycles. The van der Waals surface area contributed by atoms with Crippen LogP contribution in [0.5, 0.6) is 5.75 Å². The SMILES string of the molecule is COc1ccc(CN2CCC[C@@H]2c2cc3n(n2)[C@@H](C(F)(F)F)C[C@@H](C)N3)cc1CO. The van der Waals surface area contributed by atoms with Crippen LogP contribution < -0.4 is 10.1 Å². The molecule has 0 saturated carbocycles. The van der Waals surface area contributed by atoms with Gasteiger partial charge < -0.3 is 15.2 Å². The molecule has 9 heteroatoms. The second-order valence-corrected chi connectivity index (χ2v) is 8.17. The molecular formula is C21H27F3N4O2. The van der Waals surface area contributed by atoms with E-state index in [1.54, 1.807) is 20.1 Å². The summed E-state index contributed by atoms with van der Waals surface area (Å²) in [6.45, 7) is 3.13. The van der Waals surface area contributed by atoms with Gasteiger partial charge in [-0.2, -0.15) is 18.3 Å². The van der Waals surface area contributed by atoms with E-state index in [2.05, 4.69) is 15.3 Å². The number of rotatable bonds is 5. The number of benzene rings is 1. The maximum absolute atomic E-state index is 13.5. The van der Waals surface area contributed by atoms with Crippen LogP contribution in [0, 0.1) is 0 Å². The number of aliphatic hydroxyl groups excluding tert-OH is 1. The molecule has 1 saturated heterocycles. The van der Waals surface area contributed by atoms with Gasteiger partial charge in [0.15, 0.2) is 6.04 Å². The summed E-state index contributed by atoms with van der Waals surface area (Å²) < 4.78 is 47.0. The van der Waals surface area contributed by atoms with Gasteiger partial charge in [0.1, 0.15) is 11.6 Å². The molecular weight excluding hydrogens is 397 g/mol. The number of nitrogens with zero attached hydrogens (tertiary/aromatic N) is 3. The molecule has 0 unspecified atom stereocenters. The first kappa shape index (κ1) is 21.0. The number of hydrogen-bond donors (Lipinski definition) is 2. The van der Waals surface area contributed by atoms with Crippen LogP contribution in [0.4, 0.5) is 19.0 Å². The largest absolute Gasteiger partial charge is 0.496 e. The fourth-order valence-electron chi connectivity index (χ4n) is 4.58. The zero-order valence-electron chi connectivity index (χ0n) is 17.1. The van der Waals surface area contributed by atoms with E-state index in [9.17, 15) is 18.3 Å². The highest BCUT2D eigenvalue weighted by Gasteiger charge is 2.46. The van der Waals surface area contributed by atoms with Crippen LogP contribution in [0.2, 0.25) is 0 Å². The minimum atomic E-state index is -4.33. The first-order valence-electron chi connectivity index (χ1n) is 10.2. The van der Waals surface area contributed by atoms with Gasteiger partial charge in [-0.05, 0) is 50.4 Å². The summed E-state index contributed by atoms with van der Waals surface area (Å²) in [5.74, 6) is 1.07. The number of nitrogens with one attached hydrogen (secondary N) is 1. The van der Waals surface area contributed by atoms with Crippen molar-refractivity contribution < 1.29 is 23.0 Å². The van der Waals surface area contributed by atoms with Crippen LogP contribution in [-0.2, 0) is 13.2 Å². The van der Waals surface area contributed by atoms with E-state index in [1.165, 1.54) is 0 Å². The third-order valence-electron chi connectivity index (χ3n) is 6.00. The summed E-state index contributed by atoms with van der Waals surface area (Å²) in [4.78, 5) is 2.24. The summed E-state index contributed by atoms with van der Waals surface area (Å²) in [6.07, 6.45) is -2.54. The average Bonchev–Trinajstić information content (AvgIpc) is 3.32. The molecule has 0 bridgehead atoms. The molecule has 1 fully saturated rings. The van der Waals surface area contributed by atoms with E-state index in [4.69, 9.17) is 4.74 Å².